The second-order valence-electron chi connectivity index (χ2n) is 4.82. The molecule has 1 aromatic carbocycles. The van der Waals surface area contributed by atoms with Crippen LogP contribution in [0.2, 0.25) is 0 Å². The quantitative estimate of drug-likeness (QED) is 0.492. The van der Waals surface area contributed by atoms with Crippen LogP contribution in [0.3, 0.4) is 0 Å². The van der Waals surface area contributed by atoms with Crippen LogP contribution in [0.25, 0.3) is 11.0 Å². The molecule has 0 aliphatic carbocycles. The lowest BCUT2D eigenvalue weighted by molar-refractivity contribution is 0.552. The van der Waals surface area contributed by atoms with Crippen LogP contribution >= 0.6 is 0 Å². The number of aromatic nitrogens is 3. The molecule has 2 aromatic heterocycles. The van der Waals surface area contributed by atoms with Crippen LogP contribution in [0.4, 0.5) is 5.82 Å². The lowest BCUT2D eigenvalue weighted by Crippen LogP contribution is -2.29. The van der Waals surface area contributed by atoms with E-state index in [1.54, 1.807) is 18.6 Å². The topological polar surface area (TPSA) is 103 Å². The number of pyridine rings is 1. The number of nitrogen functional groups attached to an aromatic ring is 1. The van der Waals surface area contributed by atoms with Crippen molar-refractivity contribution >= 4 is 16.9 Å². The summed E-state index contributed by atoms with van der Waals surface area (Å²) in [4.78, 5) is 12.6. The lowest BCUT2D eigenvalue weighted by Gasteiger charge is -2.17. The van der Waals surface area contributed by atoms with Crippen LogP contribution < -0.4 is 17.0 Å². The molecule has 0 spiro atoms. The second-order valence-corrected chi connectivity index (χ2v) is 4.82. The van der Waals surface area contributed by atoms with Gasteiger partial charge >= 0.3 is 0 Å². The molecule has 0 aliphatic rings. The molecule has 2 heterocycles. The van der Waals surface area contributed by atoms with Gasteiger partial charge in [0.2, 0.25) is 0 Å². The highest BCUT2D eigenvalue weighted by atomic mass is 15.2. The lowest BCUT2D eigenvalue weighted by atomic mass is 9.99. The van der Waals surface area contributed by atoms with Crippen molar-refractivity contribution in [1.82, 2.24) is 20.4 Å². The summed E-state index contributed by atoms with van der Waals surface area (Å²) >= 11 is 0. The van der Waals surface area contributed by atoms with Crippen molar-refractivity contribution in [2.24, 2.45) is 5.84 Å². The van der Waals surface area contributed by atoms with E-state index >= 15 is 0 Å². The molecule has 3 aromatic rings. The molecule has 21 heavy (non-hydrogen) atoms. The molecular weight excluding hydrogens is 264 g/mol. The van der Waals surface area contributed by atoms with Gasteiger partial charge < -0.3 is 5.73 Å². The second kappa shape index (κ2) is 5.82. The Kier molecular flexibility index (Phi) is 3.72. The van der Waals surface area contributed by atoms with Gasteiger partial charge in [-0.05, 0) is 41.8 Å². The van der Waals surface area contributed by atoms with Gasteiger partial charge in [-0.2, -0.15) is 0 Å². The SMILES string of the molecule is NNC(Cc1ccnc(N)c1)c1ccc2nccnc2c1. The highest BCUT2D eigenvalue weighted by Crippen LogP contribution is 2.21. The van der Waals surface area contributed by atoms with Crippen LogP contribution in [0, 0.1) is 0 Å². The number of nitrogens with two attached hydrogens (primary N) is 2. The summed E-state index contributed by atoms with van der Waals surface area (Å²) in [6.45, 7) is 0. The highest BCUT2D eigenvalue weighted by molar-refractivity contribution is 5.74. The zero-order chi connectivity index (χ0) is 14.7. The van der Waals surface area contributed by atoms with Gasteiger partial charge in [0.15, 0.2) is 0 Å². The number of hydrogen-bond acceptors (Lipinski definition) is 6. The molecule has 1 unspecified atom stereocenters. The predicted molar refractivity (Wildman–Crippen MR) is 82.0 cm³/mol. The summed E-state index contributed by atoms with van der Waals surface area (Å²) in [5.74, 6) is 6.21. The Morgan fingerprint density at radius 2 is 1.76 bits per heavy atom. The maximum atomic E-state index is 5.71. The fourth-order valence-corrected chi connectivity index (χ4v) is 2.33. The maximum absolute atomic E-state index is 5.71. The van der Waals surface area contributed by atoms with E-state index in [9.17, 15) is 0 Å². The molecule has 0 saturated carbocycles. The molecule has 0 amide bonds. The molecule has 0 bridgehead atoms. The number of benzene rings is 1. The van der Waals surface area contributed by atoms with E-state index in [0.29, 0.717) is 5.82 Å². The monoisotopic (exact) mass is 280 g/mol. The molecule has 5 N–H and O–H groups in total. The maximum Gasteiger partial charge on any atom is 0.123 e. The van der Waals surface area contributed by atoms with E-state index in [4.69, 9.17) is 11.6 Å². The highest BCUT2D eigenvalue weighted by Gasteiger charge is 2.12. The number of hydrogen-bond donors (Lipinski definition) is 3. The minimum absolute atomic E-state index is 0.0294. The average molecular weight is 280 g/mol. The van der Waals surface area contributed by atoms with Crippen molar-refractivity contribution in [3.05, 3.63) is 60.0 Å². The van der Waals surface area contributed by atoms with Crippen LogP contribution in [0.5, 0.6) is 0 Å². The summed E-state index contributed by atoms with van der Waals surface area (Å²) in [5, 5.41) is 0. The van der Waals surface area contributed by atoms with E-state index in [-0.39, 0.29) is 6.04 Å². The Balaban J connectivity index is 1.90. The summed E-state index contributed by atoms with van der Waals surface area (Å²) < 4.78 is 0. The van der Waals surface area contributed by atoms with Crippen molar-refractivity contribution in [3.8, 4) is 0 Å². The Hall–Kier alpha value is -2.57. The first-order valence-corrected chi connectivity index (χ1v) is 6.63. The van der Waals surface area contributed by atoms with E-state index in [2.05, 4.69) is 20.4 Å². The van der Waals surface area contributed by atoms with Gasteiger partial charge in [-0.15, -0.1) is 0 Å². The molecule has 0 aliphatic heterocycles. The van der Waals surface area contributed by atoms with Crippen molar-refractivity contribution in [2.75, 3.05) is 5.73 Å². The predicted octanol–water partition coefficient (Wildman–Crippen LogP) is 1.35. The van der Waals surface area contributed by atoms with Gasteiger partial charge in [-0.25, -0.2) is 4.98 Å². The Morgan fingerprint density at radius 3 is 2.52 bits per heavy atom. The van der Waals surface area contributed by atoms with Crippen LogP contribution in [-0.2, 0) is 6.42 Å². The van der Waals surface area contributed by atoms with Crippen LogP contribution in [0.1, 0.15) is 17.2 Å². The van der Waals surface area contributed by atoms with Gasteiger partial charge in [-0.1, -0.05) is 6.07 Å². The van der Waals surface area contributed by atoms with Crippen molar-refractivity contribution in [2.45, 2.75) is 12.5 Å². The largest absolute Gasteiger partial charge is 0.384 e. The fraction of sp³-hybridized carbons (Fsp3) is 0.133. The Labute approximate surface area is 122 Å². The number of hydrazine groups is 1. The van der Waals surface area contributed by atoms with Crippen molar-refractivity contribution in [1.29, 1.82) is 0 Å². The summed E-state index contributed by atoms with van der Waals surface area (Å²) in [5.41, 5.74) is 12.4. The third-order valence-electron chi connectivity index (χ3n) is 3.38. The number of rotatable bonds is 4. The zero-order valence-electron chi connectivity index (χ0n) is 11.4. The van der Waals surface area contributed by atoms with E-state index < -0.39 is 0 Å². The first kappa shape index (κ1) is 13.4. The summed E-state index contributed by atoms with van der Waals surface area (Å²) in [7, 11) is 0. The number of fused-ring (bicyclic) bond motifs is 1. The normalized spacial score (nSPS) is 12.4. The van der Waals surface area contributed by atoms with E-state index in [1.165, 1.54) is 0 Å². The molecule has 0 radical (unpaired) electrons. The van der Waals surface area contributed by atoms with Crippen LogP contribution in [0.15, 0.2) is 48.9 Å². The standard InChI is InChI=1S/C15H16N6/c16-15-8-10(3-4-20-15)7-13(21-17)11-1-2-12-14(9-11)19-6-5-18-12/h1-6,8-9,13,21H,7,17H2,(H2,16,20). The van der Waals surface area contributed by atoms with Gasteiger partial charge in [0.05, 0.1) is 17.1 Å². The zero-order valence-corrected chi connectivity index (χ0v) is 11.4. The van der Waals surface area contributed by atoms with Gasteiger partial charge in [0, 0.05) is 18.6 Å². The van der Waals surface area contributed by atoms with Crippen molar-refractivity contribution in [3.63, 3.8) is 0 Å². The molecule has 3 rings (SSSR count). The molecule has 6 nitrogen and oxygen atoms in total. The third kappa shape index (κ3) is 2.96. The number of nitrogens with one attached hydrogen (secondary N) is 1. The van der Waals surface area contributed by atoms with Crippen LogP contribution in [-0.4, -0.2) is 15.0 Å². The molecule has 0 saturated heterocycles. The Bertz CT molecular complexity index is 758. The first-order valence-electron chi connectivity index (χ1n) is 6.63. The molecule has 6 heteroatoms. The molecule has 106 valence electrons. The summed E-state index contributed by atoms with van der Waals surface area (Å²) in [6, 6.07) is 9.71. The van der Waals surface area contributed by atoms with E-state index in [1.807, 2.05) is 30.3 Å². The smallest absolute Gasteiger partial charge is 0.123 e. The van der Waals surface area contributed by atoms with Gasteiger partial charge in [0.25, 0.3) is 0 Å². The first-order chi connectivity index (χ1) is 10.3. The Morgan fingerprint density at radius 1 is 0.952 bits per heavy atom. The molecular formula is C15H16N6. The molecule has 1 atom stereocenters. The number of anilines is 1. The average Bonchev–Trinajstić information content (AvgIpc) is 2.52. The fourth-order valence-electron chi connectivity index (χ4n) is 2.33. The van der Waals surface area contributed by atoms with Gasteiger partial charge in [-0.3, -0.25) is 21.2 Å². The van der Waals surface area contributed by atoms with Gasteiger partial charge in [0.1, 0.15) is 5.82 Å². The van der Waals surface area contributed by atoms with E-state index in [0.717, 1.165) is 28.6 Å². The summed E-state index contributed by atoms with van der Waals surface area (Å²) in [6.07, 6.45) is 5.78. The molecule has 0 fully saturated rings. The number of nitrogens with zero attached hydrogens (tertiary/aromatic N) is 3. The third-order valence-corrected chi connectivity index (χ3v) is 3.38. The minimum Gasteiger partial charge on any atom is -0.384 e. The minimum atomic E-state index is -0.0294. The van der Waals surface area contributed by atoms with Crippen molar-refractivity contribution < 1.29 is 0 Å².